The van der Waals surface area contributed by atoms with E-state index in [9.17, 15) is 4.79 Å². The molecule has 7 heteroatoms. The summed E-state index contributed by atoms with van der Waals surface area (Å²) in [6, 6.07) is 10.8. The minimum atomic E-state index is 0.0310. The average molecular weight is 375 g/mol. The molecule has 1 aromatic rings. The van der Waals surface area contributed by atoms with Crippen LogP contribution in [0.2, 0.25) is 0 Å². The lowest BCUT2D eigenvalue weighted by molar-refractivity contribution is -0.191. The van der Waals surface area contributed by atoms with Gasteiger partial charge in [-0.2, -0.15) is 14.7 Å². The standard InChI is InChI=1S/C13H16N2O2.C6H13N.CO2/c16-13-14-8-4-7-12(9-14)15(13)17-10-11-5-2-1-3-6-11;7-6-4-2-1-3-5-6;2-1-3/h1-3,5-6,12H,4,7-10H2;6H,1-5,7H2;/t12-;;/m1../s1. The quantitative estimate of drug-likeness (QED) is 0.877. The van der Waals surface area contributed by atoms with Crippen molar-refractivity contribution in [3.05, 3.63) is 35.9 Å². The van der Waals surface area contributed by atoms with Crippen LogP contribution in [0.5, 0.6) is 0 Å². The Kier molecular flexibility index (Phi) is 8.98. The molecule has 148 valence electrons. The van der Waals surface area contributed by atoms with Crippen molar-refractivity contribution >= 4 is 12.2 Å². The van der Waals surface area contributed by atoms with Crippen molar-refractivity contribution in [1.29, 1.82) is 0 Å². The van der Waals surface area contributed by atoms with Gasteiger partial charge < -0.3 is 10.6 Å². The van der Waals surface area contributed by atoms with Crippen LogP contribution >= 0.6 is 0 Å². The first-order valence-electron chi connectivity index (χ1n) is 9.65. The summed E-state index contributed by atoms with van der Waals surface area (Å²) in [5, 5.41) is 1.57. The number of carbonyl (C=O) groups is 1. The number of fused-ring (bicyclic) bond motifs is 2. The number of benzene rings is 1. The Morgan fingerprint density at radius 3 is 2.26 bits per heavy atom. The van der Waals surface area contributed by atoms with E-state index in [0.29, 0.717) is 12.6 Å². The number of carbonyl (C=O) groups excluding carboxylic acids is 3. The summed E-state index contributed by atoms with van der Waals surface area (Å²) in [4.78, 5) is 35.7. The minimum absolute atomic E-state index is 0.0310. The molecule has 1 saturated carbocycles. The number of rotatable bonds is 3. The Balaban J connectivity index is 0.000000218. The number of hydrogen-bond acceptors (Lipinski definition) is 5. The van der Waals surface area contributed by atoms with E-state index in [0.717, 1.165) is 31.5 Å². The normalized spacial score (nSPS) is 21.5. The number of hydrogen-bond donors (Lipinski definition) is 1. The van der Waals surface area contributed by atoms with E-state index in [1.165, 1.54) is 32.1 Å². The Bertz CT molecular complexity index is 599. The highest BCUT2D eigenvalue weighted by Gasteiger charge is 2.40. The Morgan fingerprint density at radius 1 is 1.04 bits per heavy atom. The summed E-state index contributed by atoms with van der Waals surface area (Å²) in [5.41, 5.74) is 6.73. The number of nitrogens with two attached hydrogens (primary N) is 1. The molecule has 0 aromatic heterocycles. The van der Waals surface area contributed by atoms with Crippen LogP contribution in [0.1, 0.15) is 50.5 Å². The van der Waals surface area contributed by atoms with Gasteiger partial charge in [0.25, 0.3) is 0 Å². The molecule has 2 heterocycles. The van der Waals surface area contributed by atoms with Crippen molar-refractivity contribution in [1.82, 2.24) is 9.96 Å². The molecule has 1 aromatic carbocycles. The monoisotopic (exact) mass is 375 g/mol. The van der Waals surface area contributed by atoms with Crippen LogP contribution in [-0.4, -0.2) is 47.3 Å². The number of amides is 2. The zero-order valence-electron chi connectivity index (χ0n) is 15.7. The van der Waals surface area contributed by atoms with E-state index in [2.05, 4.69) is 0 Å². The summed E-state index contributed by atoms with van der Waals surface area (Å²) in [5.74, 6) is 0. The zero-order valence-corrected chi connectivity index (χ0v) is 15.7. The van der Waals surface area contributed by atoms with E-state index in [-0.39, 0.29) is 18.2 Å². The molecule has 2 saturated heterocycles. The van der Waals surface area contributed by atoms with Crippen molar-refractivity contribution < 1.29 is 19.2 Å². The van der Waals surface area contributed by atoms with Gasteiger partial charge in [0.05, 0.1) is 6.04 Å². The third-order valence-corrected chi connectivity index (χ3v) is 5.05. The van der Waals surface area contributed by atoms with Crippen LogP contribution in [-0.2, 0) is 21.0 Å². The summed E-state index contributed by atoms with van der Waals surface area (Å²) >= 11 is 0. The van der Waals surface area contributed by atoms with Gasteiger partial charge in [-0.15, -0.1) is 0 Å². The van der Waals surface area contributed by atoms with E-state index >= 15 is 0 Å². The van der Waals surface area contributed by atoms with Crippen LogP contribution < -0.4 is 5.73 Å². The summed E-state index contributed by atoms with van der Waals surface area (Å²) in [6.45, 7) is 2.17. The van der Waals surface area contributed by atoms with Crippen LogP contribution in [0.15, 0.2) is 30.3 Å². The molecule has 27 heavy (non-hydrogen) atoms. The highest BCUT2D eigenvalue weighted by atomic mass is 16.7. The Morgan fingerprint density at radius 2 is 1.70 bits per heavy atom. The third-order valence-electron chi connectivity index (χ3n) is 5.05. The molecule has 7 nitrogen and oxygen atoms in total. The number of nitrogens with zero attached hydrogens (tertiary/aromatic N) is 2. The fraction of sp³-hybridized carbons (Fsp3) is 0.600. The van der Waals surface area contributed by atoms with E-state index in [4.69, 9.17) is 20.2 Å². The lowest BCUT2D eigenvalue weighted by Crippen LogP contribution is -2.33. The molecule has 1 atom stereocenters. The van der Waals surface area contributed by atoms with E-state index in [1.807, 2.05) is 35.2 Å². The second-order valence-electron chi connectivity index (χ2n) is 7.09. The smallest absolute Gasteiger partial charge is 0.328 e. The van der Waals surface area contributed by atoms with Crippen LogP contribution in [0.4, 0.5) is 4.79 Å². The highest BCUT2D eigenvalue weighted by Crippen LogP contribution is 2.26. The fourth-order valence-corrected chi connectivity index (χ4v) is 3.63. The van der Waals surface area contributed by atoms with E-state index < -0.39 is 0 Å². The van der Waals surface area contributed by atoms with Crippen molar-refractivity contribution in [2.24, 2.45) is 5.73 Å². The SMILES string of the molecule is NC1CCCCC1.O=C1N2CCC[C@H](C2)N1OCc1ccccc1.O=C=O. The van der Waals surface area contributed by atoms with Crippen LogP contribution in [0.3, 0.4) is 0 Å². The molecule has 0 spiro atoms. The maximum absolute atomic E-state index is 11.9. The van der Waals surface area contributed by atoms with Gasteiger partial charge in [-0.25, -0.2) is 4.79 Å². The van der Waals surface area contributed by atoms with Crippen molar-refractivity contribution in [2.75, 3.05) is 13.1 Å². The maximum Gasteiger partial charge on any atom is 0.373 e. The summed E-state index contributed by atoms with van der Waals surface area (Å²) in [6.07, 6.45) is 9.05. The number of hydroxylamine groups is 2. The van der Waals surface area contributed by atoms with Crippen molar-refractivity contribution in [3.8, 4) is 0 Å². The van der Waals surface area contributed by atoms with Gasteiger partial charge in [-0.3, -0.25) is 4.84 Å². The van der Waals surface area contributed by atoms with Crippen LogP contribution in [0, 0.1) is 0 Å². The predicted octanol–water partition coefficient (Wildman–Crippen LogP) is 2.71. The fourth-order valence-electron chi connectivity index (χ4n) is 3.63. The van der Waals surface area contributed by atoms with Crippen molar-refractivity contribution in [3.63, 3.8) is 0 Å². The molecular formula is C20H29N3O4. The van der Waals surface area contributed by atoms with E-state index in [1.54, 1.807) is 5.06 Å². The first kappa shape index (κ1) is 21.1. The number of urea groups is 1. The van der Waals surface area contributed by atoms with Gasteiger partial charge in [-0.1, -0.05) is 49.6 Å². The molecule has 2 amide bonds. The molecular weight excluding hydrogens is 346 g/mol. The van der Waals surface area contributed by atoms with Gasteiger partial charge in [0.2, 0.25) is 0 Å². The molecule has 2 bridgehead atoms. The summed E-state index contributed by atoms with van der Waals surface area (Å²) < 4.78 is 0. The third kappa shape index (κ3) is 6.79. The van der Waals surface area contributed by atoms with Gasteiger partial charge in [-0.05, 0) is 31.2 Å². The molecule has 2 aliphatic heterocycles. The predicted molar refractivity (Wildman–Crippen MR) is 99.1 cm³/mol. The second-order valence-corrected chi connectivity index (χ2v) is 7.09. The average Bonchev–Trinajstić information content (AvgIpc) is 2.91. The highest BCUT2D eigenvalue weighted by molar-refractivity contribution is 5.76. The largest absolute Gasteiger partial charge is 0.373 e. The second kappa shape index (κ2) is 11.5. The molecule has 1 aliphatic carbocycles. The van der Waals surface area contributed by atoms with Crippen molar-refractivity contribution in [2.45, 2.75) is 63.6 Å². The number of piperidine rings is 1. The zero-order chi connectivity index (χ0) is 19.5. The first-order valence-corrected chi connectivity index (χ1v) is 9.65. The van der Waals surface area contributed by atoms with Gasteiger partial charge in [0.15, 0.2) is 0 Å². The minimum Gasteiger partial charge on any atom is -0.328 e. The molecule has 4 rings (SSSR count). The van der Waals surface area contributed by atoms with Gasteiger partial charge >= 0.3 is 12.2 Å². The molecule has 3 fully saturated rings. The Labute approximate surface area is 160 Å². The first-order chi connectivity index (χ1) is 13.2. The van der Waals surface area contributed by atoms with Gasteiger partial charge in [0, 0.05) is 19.1 Å². The maximum atomic E-state index is 11.9. The lowest BCUT2D eigenvalue weighted by Gasteiger charge is -2.22. The summed E-state index contributed by atoms with van der Waals surface area (Å²) in [7, 11) is 0. The lowest BCUT2D eigenvalue weighted by atomic mass is 9.97. The molecule has 2 N–H and O–H groups in total. The molecule has 0 radical (unpaired) electrons. The molecule has 3 aliphatic rings. The van der Waals surface area contributed by atoms with Crippen LogP contribution in [0.25, 0.3) is 0 Å². The van der Waals surface area contributed by atoms with Gasteiger partial charge in [0.1, 0.15) is 6.61 Å². The Hall–Kier alpha value is -2.21. The molecule has 0 unspecified atom stereocenters. The topological polar surface area (TPSA) is 92.9 Å².